The number of nitro benzene ring substituents is 1. The highest BCUT2D eigenvalue weighted by molar-refractivity contribution is 6.11. The summed E-state index contributed by atoms with van der Waals surface area (Å²) in [5, 5.41) is 20.5. The summed E-state index contributed by atoms with van der Waals surface area (Å²) in [5.74, 6) is -0.260. The minimum absolute atomic E-state index is 0.0836. The molecule has 4 rings (SSSR count). The Labute approximate surface area is 168 Å². The molecule has 2 aliphatic heterocycles. The molecule has 2 heterocycles. The van der Waals surface area contributed by atoms with Crippen LogP contribution in [0.5, 0.6) is 0 Å². The Balaban J connectivity index is 1.78. The number of hydrogen-bond acceptors (Lipinski definition) is 6. The zero-order valence-corrected chi connectivity index (χ0v) is 16.2. The first-order valence-corrected chi connectivity index (χ1v) is 10.0. The summed E-state index contributed by atoms with van der Waals surface area (Å²) in [4.78, 5) is 38.8. The van der Waals surface area contributed by atoms with Gasteiger partial charge in [-0.2, -0.15) is 0 Å². The van der Waals surface area contributed by atoms with E-state index in [2.05, 4.69) is 6.92 Å². The number of ketones is 1. The van der Waals surface area contributed by atoms with Crippen LogP contribution in [0.4, 0.5) is 5.69 Å². The standard InChI is InChI=1S/C21H24N2O6/c1-12-6-7-16-15(10-12)19(25)17-18(13-4-2-5-14(11-13)23(27)28)22(8-3-9-24)21(26)20(17)29-16/h2,4-5,11-12,15-16,18,24H,3,6-10H2,1H3. The SMILES string of the molecule is CC1CCC2OC3=C(C(=O)C2C1)C(c1cccc([N+](=O)[O-])c1)N(CCCO)C3=O. The molecular weight excluding hydrogens is 376 g/mol. The predicted molar refractivity (Wildman–Crippen MR) is 103 cm³/mol. The lowest BCUT2D eigenvalue weighted by Gasteiger charge is -2.37. The number of nitrogens with zero attached hydrogens (tertiary/aromatic N) is 2. The van der Waals surface area contributed by atoms with E-state index in [1.54, 1.807) is 12.1 Å². The molecule has 4 unspecified atom stereocenters. The maximum atomic E-state index is 13.5. The van der Waals surface area contributed by atoms with Crippen LogP contribution < -0.4 is 0 Å². The molecule has 1 aromatic rings. The van der Waals surface area contributed by atoms with Crippen molar-refractivity contribution >= 4 is 17.4 Å². The van der Waals surface area contributed by atoms with Gasteiger partial charge in [-0.3, -0.25) is 19.7 Å². The van der Waals surface area contributed by atoms with Gasteiger partial charge in [-0.05, 0) is 37.2 Å². The number of rotatable bonds is 5. The molecule has 0 aromatic heterocycles. The average Bonchev–Trinajstić information content (AvgIpc) is 2.99. The Kier molecular flexibility index (Phi) is 5.12. The number of non-ortho nitro benzene ring substituents is 1. The van der Waals surface area contributed by atoms with Gasteiger partial charge in [-0.25, -0.2) is 0 Å². The van der Waals surface area contributed by atoms with Crippen LogP contribution in [-0.4, -0.2) is 45.9 Å². The molecule has 0 saturated heterocycles. The molecule has 29 heavy (non-hydrogen) atoms. The number of hydrogen-bond donors (Lipinski definition) is 1. The van der Waals surface area contributed by atoms with Crippen LogP contribution in [0.25, 0.3) is 0 Å². The Hall–Kier alpha value is -2.74. The van der Waals surface area contributed by atoms with Gasteiger partial charge in [0.15, 0.2) is 11.5 Å². The average molecular weight is 400 g/mol. The van der Waals surface area contributed by atoms with Gasteiger partial charge in [0, 0.05) is 25.3 Å². The Morgan fingerprint density at radius 3 is 2.83 bits per heavy atom. The number of ether oxygens (including phenoxy) is 1. The summed E-state index contributed by atoms with van der Waals surface area (Å²) >= 11 is 0. The summed E-state index contributed by atoms with van der Waals surface area (Å²) in [6.07, 6.45) is 2.46. The van der Waals surface area contributed by atoms with Crippen LogP contribution in [0.2, 0.25) is 0 Å². The van der Waals surface area contributed by atoms with E-state index in [1.807, 2.05) is 0 Å². The van der Waals surface area contributed by atoms with Crippen molar-refractivity contribution < 1.29 is 24.4 Å². The van der Waals surface area contributed by atoms with Crippen LogP contribution in [0.1, 0.15) is 44.2 Å². The fourth-order valence-electron chi connectivity index (χ4n) is 4.75. The van der Waals surface area contributed by atoms with Gasteiger partial charge in [0.2, 0.25) is 0 Å². The fraction of sp³-hybridized carbons (Fsp3) is 0.524. The predicted octanol–water partition coefficient (Wildman–Crippen LogP) is 2.52. The molecule has 1 saturated carbocycles. The molecule has 154 valence electrons. The molecule has 1 amide bonds. The molecule has 1 fully saturated rings. The number of aliphatic hydroxyl groups excluding tert-OH is 1. The normalized spacial score (nSPS) is 28.8. The first kappa shape index (κ1) is 19.6. The smallest absolute Gasteiger partial charge is 0.290 e. The van der Waals surface area contributed by atoms with Gasteiger partial charge in [0.25, 0.3) is 11.6 Å². The third-order valence-corrected chi connectivity index (χ3v) is 6.16. The second kappa shape index (κ2) is 7.59. The zero-order valence-electron chi connectivity index (χ0n) is 16.2. The summed E-state index contributed by atoms with van der Waals surface area (Å²) in [6.45, 7) is 2.24. The van der Waals surface area contributed by atoms with E-state index in [0.717, 1.165) is 12.8 Å². The third-order valence-electron chi connectivity index (χ3n) is 6.16. The Bertz CT molecular complexity index is 895. The van der Waals surface area contributed by atoms with Crippen molar-refractivity contribution in [3.8, 4) is 0 Å². The van der Waals surface area contributed by atoms with E-state index >= 15 is 0 Å². The van der Waals surface area contributed by atoms with Gasteiger partial charge in [0.1, 0.15) is 6.10 Å². The van der Waals surface area contributed by atoms with Gasteiger partial charge in [0.05, 0.1) is 22.5 Å². The number of carbonyl (C=O) groups excluding carboxylic acids is 2. The van der Waals surface area contributed by atoms with Crippen LogP contribution in [0.15, 0.2) is 35.6 Å². The summed E-state index contributed by atoms with van der Waals surface area (Å²) < 4.78 is 6.06. The second-order valence-corrected chi connectivity index (χ2v) is 8.12. The van der Waals surface area contributed by atoms with Crippen LogP contribution in [0.3, 0.4) is 0 Å². The molecule has 1 aromatic carbocycles. The van der Waals surface area contributed by atoms with E-state index in [0.29, 0.717) is 29.9 Å². The van der Waals surface area contributed by atoms with Crippen molar-refractivity contribution in [3.05, 3.63) is 51.3 Å². The van der Waals surface area contributed by atoms with Gasteiger partial charge < -0.3 is 14.7 Å². The summed E-state index contributed by atoms with van der Waals surface area (Å²) in [7, 11) is 0. The molecule has 0 spiro atoms. The van der Waals surface area contributed by atoms with Crippen LogP contribution in [0, 0.1) is 22.0 Å². The van der Waals surface area contributed by atoms with E-state index in [4.69, 9.17) is 4.74 Å². The highest BCUT2D eigenvalue weighted by Crippen LogP contribution is 2.47. The van der Waals surface area contributed by atoms with Gasteiger partial charge >= 0.3 is 0 Å². The largest absolute Gasteiger partial charge is 0.483 e. The number of nitro groups is 1. The molecule has 8 nitrogen and oxygen atoms in total. The van der Waals surface area contributed by atoms with E-state index < -0.39 is 11.0 Å². The van der Waals surface area contributed by atoms with E-state index in [-0.39, 0.29) is 48.3 Å². The highest BCUT2D eigenvalue weighted by Gasteiger charge is 2.52. The van der Waals surface area contributed by atoms with Crippen molar-refractivity contribution in [1.82, 2.24) is 4.90 Å². The fourth-order valence-corrected chi connectivity index (χ4v) is 4.75. The van der Waals surface area contributed by atoms with E-state index in [9.17, 15) is 24.8 Å². The van der Waals surface area contributed by atoms with Crippen molar-refractivity contribution in [3.63, 3.8) is 0 Å². The first-order valence-electron chi connectivity index (χ1n) is 10.0. The minimum Gasteiger partial charge on any atom is -0.483 e. The number of aliphatic hydroxyl groups is 1. The number of amides is 1. The maximum absolute atomic E-state index is 13.5. The van der Waals surface area contributed by atoms with Gasteiger partial charge in [-0.1, -0.05) is 19.1 Å². The molecule has 1 N–H and O–H groups in total. The molecular formula is C21H24N2O6. The molecule has 1 aliphatic carbocycles. The van der Waals surface area contributed by atoms with Gasteiger partial charge in [-0.15, -0.1) is 0 Å². The molecule has 3 aliphatic rings. The van der Waals surface area contributed by atoms with E-state index in [1.165, 1.54) is 17.0 Å². The highest BCUT2D eigenvalue weighted by atomic mass is 16.6. The van der Waals surface area contributed by atoms with Crippen molar-refractivity contribution in [2.24, 2.45) is 11.8 Å². The molecule has 0 radical (unpaired) electrons. The first-order chi connectivity index (χ1) is 13.9. The lowest BCUT2D eigenvalue weighted by Crippen LogP contribution is -2.41. The number of carbonyl (C=O) groups is 2. The number of fused-ring (bicyclic) bond motifs is 1. The minimum atomic E-state index is -0.727. The second-order valence-electron chi connectivity index (χ2n) is 8.12. The Morgan fingerprint density at radius 2 is 2.10 bits per heavy atom. The quantitative estimate of drug-likeness (QED) is 0.601. The number of Topliss-reactive ketones (excluding diaryl/α,β-unsaturated/α-hetero) is 1. The molecule has 4 atom stereocenters. The van der Waals surface area contributed by atoms with Crippen molar-refractivity contribution in [1.29, 1.82) is 0 Å². The molecule has 0 bridgehead atoms. The summed E-state index contributed by atoms with van der Waals surface area (Å²) in [6, 6.07) is 5.30. The van der Waals surface area contributed by atoms with Crippen LogP contribution in [-0.2, 0) is 14.3 Å². The molecule has 8 heteroatoms. The zero-order chi connectivity index (χ0) is 20.7. The third kappa shape index (κ3) is 3.31. The van der Waals surface area contributed by atoms with Crippen molar-refractivity contribution in [2.45, 2.75) is 44.8 Å². The summed E-state index contributed by atoms with van der Waals surface area (Å²) in [5.41, 5.74) is 0.720. The lowest BCUT2D eigenvalue weighted by molar-refractivity contribution is -0.384. The van der Waals surface area contributed by atoms with Crippen LogP contribution >= 0.6 is 0 Å². The monoisotopic (exact) mass is 400 g/mol. The topological polar surface area (TPSA) is 110 Å². The Morgan fingerprint density at radius 1 is 1.31 bits per heavy atom. The number of benzene rings is 1. The maximum Gasteiger partial charge on any atom is 0.290 e. The van der Waals surface area contributed by atoms with Crippen molar-refractivity contribution in [2.75, 3.05) is 13.2 Å². The lowest BCUT2D eigenvalue weighted by atomic mass is 9.74.